The SMILES string of the molecule is CC(O)CCCN1CC2(CCC2)C1. The van der Waals surface area contributed by atoms with Crippen molar-refractivity contribution in [3.63, 3.8) is 0 Å². The molecule has 1 spiro atoms. The third kappa shape index (κ3) is 2.05. The second-order valence-electron chi connectivity index (χ2n) is 5.06. The molecule has 2 heteroatoms. The van der Waals surface area contributed by atoms with Crippen LogP contribution in [0.3, 0.4) is 0 Å². The molecular formula is C11H21NO. The molecule has 0 aromatic rings. The van der Waals surface area contributed by atoms with Crippen LogP contribution in [0.1, 0.15) is 39.0 Å². The topological polar surface area (TPSA) is 23.5 Å². The zero-order chi connectivity index (χ0) is 9.31. The van der Waals surface area contributed by atoms with Gasteiger partial charge in [-0.25, -0.2) is 0 Å². The Morgan fingerprint density at radius 2 is 2.08 bits per heavy atom. The maximum atomic E-state index is 9.10. The molecule has 1 saturated heterocycles. The Bertz CT molecular complexity index is 167. The highest BCUT2D eigenvalue weighted by molar-refractivity contribution is 5.00. The molecule has 1 saturated carbocycles. The highest BCUT2D eigenvalue weighted by atomic mass is 16.3. The standard InChI is InChI=1S/C11H21NO/c1-10(13)4-2-7-12-8-11(9-12)5-3-6-11/h10,13H,2-9H2,1H3. The van der Waals surface area contributed by atoms with E-state index in [1.54, 1.807) is 0 Å². The van der Waals surface area contributed by atoms with Crippen molar-refractivity contribution in [3.05, 3.63) is 0 Å². The van der Waals surface area contributed by atoms with E-state index in [2.05, 4.69) is 4.90 Å². The molecule has 0 radical (unpaired) electrons. The van der Waals surface area contributed by atoms with E-state index in [4.69, 9.17) is 5.11 Å². The molecule has 0 aromatic heterocycles. The number of aliphatic hydroxyl groups excluding tert-OH is 1. The zero-order valence-corrected chi connectivity index (χ0v) is 8.63. The summed E-state index contributed by atoms with van der Waals surface area (Å²) in [6, 6.07) is 0. The van der Waals surface area contributed by atoms with Gasteiger partial charge in [0.1, 0.15) is 0 Å². The minimum absolute atomic E-state index is 0.112. The average Bonchev–Trinajstić information content (AvgIpc) is 1.89. The van der Waals surface area contributed by atoms with Crippen molar-refractivity contribution in [2.75, 3.05) is 19.6 Å². The van der Waals surface area contributed by atoms with Crippen LogP contribution in [0.2, 0.25) is 0 Å². The first kappa shape index (κ1) is 9.47. The number of nitrogens with zero attached hydrogens (tertiary/aromatic N) is 1. The molecule has 1 aliphatic carbocycles. The number of hydrogen-bond donors (Lipinski definition) is 1. The predicted molar refractivity (Wildman–Crippen MR) is 53.6 cm³/mol. The lowest BCUT2D eigenvalue weighted by Crippen LogP contribution is -2.59. The molecule has 2 nitrogen and oxygen atoms in total. The summed E-state index contributed by atoms with van der Waals surface area (Å²) in [6.07, 6.45) is 6.41. The van der Waals surface area contributed by atoms with E-state index >= 15 is 0 Å². The second kappa shape index (κ2) is 3.58. The van der Waals surface area contributed by atoms with Crippen LogP contribution in [0.5, 0.6) is 0 Å². The molecule has 76 valence electrons. The number of aliphatic hydroxyl groups is 1. The second-order valence-corrected chi connectivity index (χ2v) is 5.06. The molecule has 1 heterocycles. The first-order valence-corrected chi connectivity index (χ1v) is 5.61. The summed E-state index contributed by atoms with van der Waals surface area (Å²) in [6.45, 7) is 5.76. The van der Waals surface area contributed by atoms with Gasteiger partial charge in [-0.15, -0.1) is 0 Å². The van der Waals surface area contributed by atoms with Crippen LogP contribution in [-0.2, 0) is 0 Å². The fourth-order valence-electron chi connectivity index (χ4n) is 2.66. The minimum atomic E-state index is -0.112. The molecule has 1 unspecified atom stereocenters. The summed E-state index contributed by atoms with van der Waals surface area (Å²) in [7, 11) is 0. The lowest BCUT2D eigenvalue weighted by atomic mass is 9.63. The van der Waals surface area contributed by atoms with Gasteiger partial charge < -0.3 is 10.0 Å². The molecular weight excluding hydrogens is 162 g/mol. The van der Waals surface area contributed by atoms with Crippen LogP contribution >= 0.6 is 0 Å². The number of rotatable bonds is 4. The Kier molecular flexibility index (Phi) is 2.61. The van der Waals surface area contributed by atoms with Crippen molar-refractivity contribution in [3.8, 4) is 0 Å². The van der Waals surface area contributed by atoms with Gasteiger partial charge in [0.25, 0.3) is 0 Å². The molecule has 1 atom stereocenters. The van der Waals surface area contributed by atoms with Gasteiger partial charge >= 0.3 is 0 Å². The van der Waals surface area contributed by atoms with Crippen molar-refractivity contribution < 1.29 is 5.11 Å². The predicted octanol–water partition coefficient (Wildman–Crippen LogP) is 1.63. The van der Waals surface area contributed by atoms with Crippen LogP contribution in [0.15, 0.2) is 0 Å². The first-order chi connectivity index (χ1) is 6.20. The monoisotopic (exact) mass is 183 g/mol. The lowest BCUT2D eigenvalue weighted by Gasteiger charge is -2.56. The molecule has 1 aliphatic heterocycles. The smallest absolute Gasteiger partial charge is 0.0512 e. The van der Waals surface area contributed by atoms with Gasteiger partial charge in [0, 0.05) is 13.1 Å². The molecule has 1 N–H and O–H groups in total. The summed E-state index contributed by atoms with van der Waals surface area (Å²) in [5, 5.41) is 9.10. The third-order valence-corrected chi connectivity index (χ3v) is 3.63. The van der Waals surface area contributed by atoms with E-state index in [1.165, 1.54) is 38.9 Å². The van der Waals surface area contributed by atoms with Gasteiger partial charge in [-0.05, 0) is 44.6 Å². The summed E-state index contributed by atoms with van der Waals surface area (Å²) in [5.74, 6) is 0. The average molecular weight is 183 g/mol. The largest absolute Gasteiger partial charge is 0.393 e. The fourth-order valence-corrected chi connectivity index (χ4v) is 2.66. The first-order valence-electron chi connectivity index (χ1n) is 5.61. The molecule has 0 bridgehead atoms. The van der Waals surface area contributed by atoms with E-state index < -0.39 is 0 Å². The highest BCUT2D eigenvalue weighted by Gasteiger charge is 2.46. The van der Waals surface area contributed by atoms with Crippen molar-refractivity contribution in [2.24, 2.45) is 5.41 Å². The maximum absolute atomic E-state index is 9.10. The van der Waals surface area contributed by atoms with Crippen molar-refractivity contribution in [2.45, 2.75) is 45.1 Å². The normalized spacial score (nSPS) is 28.2. The van der Waals surface area contributed by atoms with Crippen LogP contribution in [0, 0.1) is 5.41 Å². The quantitative estimate of drug-likeness (QED) is 0.716. The fraction of sp³-hybridized carbons (Fsp3) is 1.00. The van der Waals surface area contributed by atoms with Crippen molar-refractivity contribution in [1.82, 2.24) is 4.90 Å². The zero-order valence-electron chi connectivity index (χ0n) is 8.63. The Morgan fingerprint density at radius 1 is 1.38 bits per heavy atom. The van der Waals surface area contributed by atoms with Crippen LogP contribution in [0.4, 0.5) is 0 Å². The van der Waals surface area contributed by atoms with Gasteiger partial charge in [-0.2, -0.15) is 0 Å². The summed E-state index contributed by atoms with van der Waals surface area (Å²) in [4.78, 5) is 2.54. The van der Waals surface area contributed by atoms with E-state index in [9.17, 15) is 0 Å². The maximum Gasteiger partial charge on any atom is 0.0512 e. The summed E-state index contributed by atoms with van der Waals surface area (Å²) >= 11 is 0. The third-order valence-electron chi connectivity index (χ3n) is 3.63. The van der Waals surface area contributed by atoms with Gasteiger partial charge in [0.2, 0.25) is 0 Å². The Hall–Kier alpha value is -0.0800. The Morgan fingerprint density at radius 3 is 2.54 bits per heavy atom. The van der Waals surface area contributed by atoms with E-state index in [1.807, 2.05) is 6.92 Å². The Balaban J connectivity index is 1.54. The minimum Gasteiger partial charge on any atom is -0.393 e. The van der Waals surface area contributed by atoms with Crippen LogP contribution in [0.25, 0.3) is 0 Å². The molecule has 13 heavy (non-hydrogen) atoms. The van der Waals surface area contributed by atoms with Crippen LogP contribution in [-0.4, -0.2) is 35.7 Å². The summed E-state index contributed by atoms with van der Waals surface area (Å²) < 4.78 is 0. The number of likely N-dealkylation sites (tertiary alicyclic amines) is 1. The molecule has 2 aliphatic rings. The highest BCUT2D eigenvalue weighted by Crippen LogP contribution is 2.47. The van der Waals surface area contributed by atoms with Gasteiger partial charge in [0.05, 0.1) is 6.10 Å². The van der Waals surface area contributed by atoms with E-state index in [-0.39, 0.29) is 6.10 Å². The lowest BCUT2D eigenvalue weighted by molar-refractivity contribution is -0.0608. The van der Waals surface area contributed by atoms with E-state index in [0.717, 1.165) is 18.3 Å². The summed E-state index contributed by atoms with van der Waals surface area (Å²) in [5.41, 5.74) is 0.769. The molecule has 2 fully saturated rings. The molecule has 0 aromatic carbocycles. The van der Waals surface area contributed by atoms with E-state index in [0.29, 0.717) is 0 Å². The van der Waals surface area contributed by atoms with Crippen LogP contribution < -0.4 is 0 Å². The molecule has 0 amide bonds. The Labute approximate surface area is 80.9 Å². The number of hydrogen-bond acceptors (Lipinski definition) is 2. The van der Waals surface area contributed by atoms with Gasteiger partial charge in [-0.3, -0.25) is 0 Å². The van der Waals surface area contributed by atoms with Gasteiger partial charge in [0.15, 0.2) is 0 Å². The van der Waals surface area contributed by atoms with Crippen molar-refractivity contribution in [1.29, 1.82) is 0 Å². The van der Waals surface area contributed by atoms with Gasteiger partial charge in [-0.1, -0.05) is 6.42 Å². The molecule has 2 rings (SSSR count). The van der Waals surface area contributed by atoms with Crippen molar-refractivity contribution >= 4 is 0 Å².